The first-order chi connectivity index (χ1) is 8.12. The Hall–Kier alpha value is -0.930. The predicted molar refractivity (Wildman–Crippen MR) is 65.6 cm³/mol. The van der Waals surface area contributed by atoms with Crippen molar-refractivity contribution in [1.82, 2.24) is 0 Å². The summed E-state index contributed by atoms with van der Waals surface area (Å²) in [6, 6.07) is 0. The lowest BCUT2D eigenvalue weighted by Gasteiger charge is -2.20. The normalized spacial score (nSPS) is 29.9. The van der Waals surface area contributed by atoms with E-state index in [-0.39, 0.29) is 12.2 Å². The van der Waals surface area contributed by atoms with E-state index < -0.39 is 5.79 Å². The van der Waals surface area contributed by atoms with Crippen molar-refractivity contribution in [2.75, 3.05) is 0 Å². The molecule has 1 fully saturated rings. The fraction of sp³-hybridized carbons (Fsp3) is 0.643. The van der Waals surface area contributed by atoms with Crippen LogP contribution in [0.1, 0.15) is 39.5 Å². The van der Waals surface area contributed by atoms with Gasteiger partial charge < -0.3 is 14.3 Å². The third-order valence-corrected chi connectivity index (χ3v) is 3.14. The molecule has 94 valence electrons. The number of fused-ring (bicyclic) bond motifs is 1. The zero-order valence-electron chi connectivity index (χ0n) is 10.5. The Balaban J connectivity index is 1.91. The molecule has 0 radical (unpaired) electrons. The Morgan fingerprint density at radius 2 is 2.18 bits per heavy atom. The molecule has 2 atom stereocenters. The van der Waals surface area contributed by atoms with E-state index in [0.29, 0.717) is 6.42 Å². The highest BCUT2D eigenvalue weighted by molar-refractivity contribution is 5.48. The Morgan fingerprint density at radius 1 is 1.35 bits per heavy atom. The Labute approximate surface area is 102 Å². The van der Waals surface area contributed by atoms with Gasteiger partial charge in [-0.1, -0.05) is 18.2 Å². The predicted octanol–water partition coefficient (Wildman–Crippen LogP) is 2.76. The Bertz CT molecular complexity index is 341. The second-order valence-electron chi connectivity index (χ2n) is 5.06. The quantitative estimate of drug-likeness (QED) is 0.544. The zero-order chi connectivity index (χ0) is 12.3. The average molecular weight is 236 g/mol. The van der Waals surface area contributed by atoms with E-state index >= 15 is 0 Å². The van der Waals surface area contributed by atoms with Crippen molar-refractivity contribution >= 4 is 6.29 Å². The molecule has 3 heteroatoms. The fourth-order valence-electron chi connectivity index (χ4n) is 2.38. The van der Waals surface area contributed by atoms with Crippen molar-refractivity contribution in [2.45, 2.75) is 57.5 Å². The monoisotopic (exact) mass is 236 g/mol. The van der Waals surface area contributed by atoms with E-state index in [2.05, 4.69) is 6.08 Å². The molecular formula is C14H20O3. The molecule has 1 saturated heterocycles. The van der Waals surface area contributed by atoms with Crippen LogP contribution in [0.4, 0.5) is 0 Å². The SMILES string of the molecule is CC1(C)O[C@H]2C=CC=C(CCCCC=O)[C@H]2O1. The van der Waals surface area contributed by atoms with Crippen molar-refractivity contribution in [3.05, 3.63) is 23.8 Å². The lowest BCUT2D eigenvalue weighted by molar-refractivity contribution is -0.139. The van der Waals surface area contributed by atoms with Crippen molar-refractivity contribution < 1.29 is 14.3 Å². The summed E-state index contributed by atoms with van der Waals surface area (Å²) in [7, 11) is 0. The summed E-state index contributed by atoms with van der Waals surface area (Å²) in [5.41, 5.74) is 1.29. The van der Waals surface area contributed by atoms with Crippen molar-refractivity contribution in [1.29, 1.82) is 0 Å². The highest BCUT2D eigenvalue weighted by atomic mass is 16.7. The Morgan fingerprint density at radius 3 is 2.94 bits per heavy atom. The number of unbranched alkanes of at least 4 members (excludes halogenated alkanes) is 2. The average Bonchev–Trinajstić information content (AvgIpc) is 2.59. The maximum Gasteiger partial charge on any atom is 0.164 e. The molecule has 2 aliphatic rings. The molecule has 0 saturated carbocycles. The molecule has 1 heterocycles. The summed E-state index contributed by atoms with van der Waals surface area (Å²) in [4.78, 5) is 10.3. The van der Waals surface area contributed by atoms with Gasteiger partial charge in [-0.3, -0.25) is 0 Å². The summed E-state index contributed by atoms with van der Waals surface area (Å²) in [5.74, 6) is -0.494. The van der Waals surface area contributed by atoms with Gasteiger partial charge in [-0.2, -0.15) is 0 Å². The van der Waals surface area contributed by atoms with Gasteiger partial charge in [-0.25, -0.2) is 0 Å². The summed E-state index contributed by atoms with van der Waals surface area (Å²) >= 11 is 0. The van der Waals surface area contributed by atoms with Crippen LogP contribution < -0.4 is 0 Å². The molecule has 0 aromatic heterocycles. The van der Waals surface area contributed by atoms with Crippen molar-refractivity contribution in [3.8, 4) is 0 Å². The van der Waals surface area contributed by atoms with E-state index in [9.17, 15) is 4.79 Å². The molecule has 0 spiro atoms. The number of hydrogen-bond donors (Lipinski definition) is 0. The second-order valence-corrected chi connectivity index (χ2v) is 5.06. The largest absolute Gasteiger partial charge is 0.340 e. The molecule has 0 bridgehead atoms. The first kappa shape index (κ1) is 12.5. The summed E-state index contributed by atoms with van der Waals surface area (Å²) < 4.78 is 11.7. The van der Waals surface area contributed by atoms with Crippen LogP contribution in [0, 0.1) is 0 Å². The van der Waals surface area contributed by atoms with E-state index in [0.717, 1.165) is 25.5 Å². The molecular weight excluding hydrogens is 216 g/mol. The minimum absolute atomic E-state index is 0.0519. The van der Waals surface area contributed by atoms with Gasteiger partial charge in [0.15, 0.2) is 5.79 Å². The number of allylic oxidation sites excluding steroid dienone is 2. The zero-order valence-corrected chi connectivity index (χ0v) is 10.5. The van der Waals surface area contributed by atoms with Crippen LogP contribution >= 0.6 is 0 Å². The van der Waals surface area contributed by atoms with Crippen LogP contribution in [0.2, 0.25) is 0 Å². The molecule has 17 heavy (non-hydrogen) atoms. The smallest absolute Gasteiger partial charge is 0.164 e. The lowest BCUT2D eigenvalue weighted by Crippen LogP contribution is -2.25. The molecule has 3 nitrogen and oxygen atoms in total. The molecule has 0 N–H and O–H groups in total. The van der Waals surface area contributed by atoms with Crippen LogP contribution in [0.25, 0.3) is 0 Å². The maximum absolute atomic E-state index is 10.3. The molecule has 1 aliphatic heterocycles. The van der Waals surface area contributed by atoms with E-state index in [1.165, 1.54) is 5.57 Å². The van der Waals surface area contributed by atoms with Gasteiger partial charge in [0.2, 0.25) is 0 Å². The Kier molecular flexibility index (Phi) is 3.79. The third kappa shape index (κ3) is 3.05. The lowest BCUT2D eigenvalue weighted by atomic mass is 9.94. The van der Waals surface area contributed by atoms with Gasteiger partial charge in [-0.05, 0) is 38.7 Å². The molecule has 0 unspecified atom stereocenters. The third-order valence-electron chi connectivity index (χ3n) is 3.14. The van der Waals surface area contributed by atoms with Crippen molar-refractivity contribution in [2.24, 2.45) is 0 Å². The van der Waals surface area contributed by atoms with Gasteiger partial charge in [0.1, 0.15) is 18.5 Å². The minimum atomic E-state index is -0.494. The highest BCUT2D eigenvalue weighted by Crippen LogP contribution is 2.36. The molecule has 0 aromatic carbocycles. The molecule has 0 amide bonds. The highest BCUT2D eigenvalue weighted by Gasteiger charge is 2.42. The fourth-order valence-corrected chi connectivity index (χ4v) is 2.38. The van der Waals surface area contributed by atoms with Gasteiger partial charge in [-0.15, -0.1) is 0 Å². The van der Waals surface area contributed by atoms with E-state index in [1.54, 1.807) is 0 Å². The first-order valence-corrected chi connectivity index (χ1v) is 6.29. The summed E-state index contributed by atoms with van der Waals surface area (Å²) in [6.45, 7) is 3.90. The van der Waals surface area contributed by atoms with Gasteiger partial charge in [0.05, 0.1) is 0 Å². The topological polar surface area (TPSA) is 35.5 Å². The van der Waals surface area contributed by atoms with Gasteiger partial charge >= 0.3 is 0 Å². The first-order valence-electron chi connectivity index (χ1n) is 6.29. The van der Waals surface area contributed by atoms with E-state index in [4.69, 9.17) is 9.47 Å². The molecule has 1 aliphatic carbocycles. The number of carbonyl (C=O) groups excluding carboxylic acids is 1. The van der Waals surface area contributed by atoms with Crippen LogP contribution in [-0.4, -0.2) is 24.3 Å². The molecule has 0 aromatic rings. The van der Waals surface area contributed by atoms with Crippen LogP contribution in [0.3, 0.4) is 0 Å². The summed E-state index contributed by atoms with van der Waals surface area (Å²) in [5, 5.41) is 0. The molecule has 2 rings (SSSR count). The number of aldehydes is 1. The number of carbonyl (C=O) groups is 1. The van der Waals surface area contributed by atoms with Gasteiger partial charge in [0.25, 0.3) is 0 Å². The second kappa shape index (κ2) is 5.15. The number of ether oxygens (including phenoxy) is 2. The van der Waals surface area contributed by atoms with Crippen molar-refractivity contribution in [3.63, 3.8) is 0 Å². The summed E-state index contributed by atoms with van der Waals surface area (Å²) in [6.07, 6.45) is 10.9. The maximum atomic E-state index is 10.3. The van der Waals surface area contributed by atoms with Crippen LogP contribution in [-0.2, 0) is 14.3 Å². The van der Waals surface area contributed by atoms with E-state index in [1.807, 2.05) is 26.0 Å². The minimum Gasteiger partial charge on any atom is -0.340 e. The van der Waals surface area contributed by atoms with Gasteiger partial charge in [0, 0.05) is 6.42 Å². The number of hydrogen-bond acceptors (Lipinski definition) is 3. The van der Waals surface area contributed by atoms with Crippen LogP contribution in [0.15, 0.2) is 23.8 Å². The van der Waals surface area contributed by atoms with Crippen LogP contribution in [0.5, 0.6) is 0 Å². The number of rotatable bonds is 5. The standard InChI is InChI=1S/C14H20O3/c1-14(2)16-12-9-6-8-11(13(12)17-14)7-4-3-5-10-15/h6,8-10,12-13H,3-5,7H2,1-2H3/t12-,13+/m0/s1.